The van der Waals surface area contributed by atoms with E-state index in [2.05, 4.69) is 5.32 Å². The average molecular weight is 491 g/mol. The fourth-order valence-corrected chi connectivity index (χ4v) is 6.52. The van der Waals surface area contributed by atoms with Crippen LogP contribution in [-0.2, 0) is 15.0 Å². The van der Waals surface area contributed by atoms with Gasteiger partial charge in [0.15, 0.2) is 11.5 Å². The van der Waals surface area contributed by atoms with Crippen LogP contribution in [0.3, 0.4) is 0 Å². The van der Waals surface area contributed by atoms with E-state index >= 15 is 0 Å². The number of benzene rings is 1. The standard InChI is InChI=1S/C24H34N4O5S/c1-17(24(30)25-22-20-11-7-8-12-21(20)33-23(22)18(2)29)27-13-15-28(16-14-27)34(31,32)26(3)19-9-5-4-6-10-19/h7-8,11-12,17,19H,4-6,9-10,13-16H2,1-3H3,(H,25,30). The third-order valence-electron chi connectivity index (χ3n) is 7.14. The Morgan fingerprint density at radius 3 is 2.38 bits per heavy atom. The van der Waals surface area contributed by atoms with Crippen molar-refractivity contribution in [1.29, 1.82) is 0 Å². The largest absolute Gasteiger partial charge is 0.451 e. The van der Waals surface area contributed by atoms with Crippen molar-refractivity contribution in [2.45, 2.75) is 58.0 Å². The molecule has 1 unspecified atom stereocenters. The summed E-state index contributed by atoms with van der Waals surface area (Å²) in [4.78, 5) is 27.1. The average Bonchev–Trinajstić information content (AvgIpc) is 3.22. The maximum Gasteiger partial charge on any atom is 0.282 e. The zero-order chi connectivity index (χ0) is 24.5. The Bertz CT molecular complexity index is 1150. The quantitative estimate of drug-likeness (QED) is 0.599. The number of anilines is 1. The lowest BCUT2D eigenvalue weighted by atomic mass is 9.96. The van der Waals surface area contributed by atoms with E-state index in [4.69, 9.17) is 4.42 Å². The molecule has 1 saturated heterocycles. The van der Waals surface area contributed by atoms with Gasteiger partial charge in [-0.15, -0.1) is 0 Å². The predicted molar refractivity (Wildman–Crippen MR) is 131 cm³/mol. The van der Waals surface area contributed by atoms with Gasteiger partial charge in [-0.1, -0.05) is 31.4 Å². The van der Waals surface area contributed by atoms with Crippen LogP contribution in [0.25, 0.3) is 11.0 Å². The van der Waals surface area contributed by atoms with Crippen molar-refractivity contribution in [2.75, 3.05) is 38.5 Å². The normalized spacial score (nSPS) is 20.0. The second-order valence-electron chi connectivity index (χ2n) is 9.27. The van der Waals surface area contributed by atoms with Gasteiger partial charge in [-0.05, 0) is 31.9 Å². The second kappa shape index (κ2) is 10.2. The molecule has 1 aromatic carbocycles. The topological polar surface area (TPSA) is 103 Å². The van der Waals surface area contributed by atoms with Crippen LogP contribution in [0.1, 0.15) is 56.5 Å². The molecule has 9 nitrogen and oxygen atoms in total. The smallest absolute Gasteiger partial charge is 0.282 e. The number of Topliss-reactive ketones (excluding diaryl/α,β-unsaturated/α-hetero) is 1. The molecule has 0 radical (unpaired) electrons. The molecular formula is C24H34N4O5S. The first-order chi connectivity index (χ1) is 16.2. The van der Waals surface area contributed by atoms with Crippen LogP contribution in [0.4, 0.5) is 5.69 Å². The molecule has 2 fully saturated rings. The summed E-state index contributed by atoms with van der Waals surface area (Å²) in [7, 11) is -1.83. The van der Waals surface area contributed by atoms with E-state index in [9.17, 15) is 18.0 Å². The number of ketones is 1. The second-order valence-corrected chi connectivity index (χ2v) is 11.3. The summed E-state index contributed by atoms with van der Waals surface area (Å²) in [6, 6.07) is 6.77. The summed E-state index contributed by atoms with van der Waals surface area (Å²) in [6.07, 6.45) is 5.14. The summed E-state index contributed by atoms with van der Waals surface area (Å²) in [5.74, 6) is -0.395. The molecule has 34 heavy (non-hydrogen) atoms. The van der Waals surface area contributed by atoms with Crippen molar-refractivity contribution in [3.05, 3.63) is 30.0 Å². The fraction of sp³-hybridized carbons (Fsp3) is 0.583. The van der Waals surface area contributed by atoms with Crippen LogP contribution >= 0.6 is 0 Å². The molecule has 1 aliphatic carbocycles. The van der Waals surface area contributed by atoms with Crippen molar-refractivity contribution in [3.63, 3.8) is 0 Å². The number of hydrogen-bond donors (Lipinski definition) is 1. The molecule has 0 bridgehead atoms. The Labute approximate surface area is 201 Å². The molecule has 1 aromatic heterocycles. The van der Waals surface area contributed by atoms with E-state index in [1.54, 1.807) is 30.4 Å². The first-order valence-corrected chi connectivity index (χ1v) is 13.4. The lowest BCUT2D eigenvalue weighted by molar-refractivity contribution is -0.121. The van der Waals surface area contributed by atoms with Gasteiger partial charge in [0.05, 0.1) is 11.7 Å². The number of piperazine rings is 1. The molecule has 4 rings (SSSR count). The van der Waals surface area contributed by atoms with Crippen LogP contribution in [0.5, 0.6) is 0 Å². The minimum Gasteiger partial charge on any atom is -0.451 e. The fourth-order valence-electron chi connectivity index (χ4n) is 4.95. The summed E-state index contributed by atoms with van der Waals surface area (Å²) in [6.45, 7) is 4.79. The van der Waals surface area contributed by atoms with Gasteiger partial charge in [0, 0.05) is 51.6 Å². The van der Waals surface area contributed by atoms with Gasteiger partial charge >= 0.3 is 0 Å². The molecule has 186 valence electrons. The zero-order valence-corrected chi connectivity index (χ0v) is 20.9. The van der Waals surface area contributed by atoms with E-state index in [1.807, 2.05) is 17.0 Å². The molecule has 2 heterocycles. The van der Waals surface area contributed by atoms with Gasteiger partial charge in [-0.3, -0.25) is 14.5 Å². The van der Waals surface area contributed by atoms with E-state index in [0.29, 0.717) is 42.8 Å². The minimum absolute atomic E-state index is 0.0711. The van der Waals surface area contributed by atoms with Gasteiger partial charge in [-0.2, -0.15) is 17.0 Å². The van der Waals surface area contributed by atoms with Gasteiger partial charge in [0.2, 0.25) is 5.91 Å². The Kier molecular flexibility index (Phi) is 7.42. The monoisotopic (exact) mass is 490 g/mol. The van der Waals surface area contributed by atoms with Crippen molar-refractivity contribution in [1.82, 2.24) is 13.5 Å². The molecule has 1 amide bonds. The molecule has 1 atom stereocenters. The van der Waals surface area contributed by atoms with Crippen molar-refractivity contribution >= 4 is 38.6 Å². The first kappa shape index (κ1) is 24.8. The molecule has 1 N–H and O–H groups in total. The van der Waals surface area contributed by atoms with Crippen LogP contribution in [0.15, 0.2) is 28.7 Å². The van der Waals surface area contributed by atoms with E-state index < -0.39 is 16.3 Å². The molecule has 0 spiro atoms. The summed E-state index contributed by atoms with van der Waals surface area (Å²) in [5.41, 5.74) is 0.923. The number of furan rings is 1. The number of amides is 1. The molecule has 10 heteroatoms. The minimum atomic E-state index is -3.52. The highest BCUT2D eigenvalue weighted by Gasteiger charge is 2.36. The van der Waals surface area contributed by atoms with E-state index in [-0.39, 0.29) is 23.5 Å². The van der Waals surface area contributed by atoms with Crippen LogP contribution < -0.4 is 5.32 Å². The number of para-hydroxylation sites is 1. The number of rotatable bonds is 7. The highest BCUT2D eigenvalue weighted by Crippen LogP contribution is 2.31. The van der Waals surface area contributed by atoms with E-state index in [1.165, 1.54) is 17.6 Å². The molecular weight excluding hydrogens is 456 g/mol. The van der Waals surface area contributed by atoms with E-state index in [0.717, 1.165) is 25.7 Å². The maximum absolute atomic E-state index is 13.1. The van der Waals surface area contributed by atoms with Crippen molar-refractivity contribution in [2.24, 2.45) is 0 Å². The molecule has 1 saturated carbocycles. The van der Waals surface area contributed by atoms with Crippen LogP contribution in [-0.4, -0.2) is 78.9 Å². The molecule has 2 aromatic rings. The lowest BCUT2D eigenvalue weighted by Gasteiger charge is -2.40. The molecule has 1 aliphatic heterocycles. The Morgan fingerprint density at radius 1 is 1.09 bits per heavy atom. The van der Waals surface area contributed by atoms with Gasteiger partial charge in [0.25, 0.3) is 10.2 Å². The maximum atomic E-state index is 13.1. The van der Waals surface area contributed by atoms with Gasteiger partial charge < -0.3 is 9.73 Å². The summed E-state index contributed by atoms with van der Waals surface area (Å²) in [5, 5.41) is 3.56. The SMILES string of the molecule is CC(=O)c1oc2ccccc2c1NC(=O)C(C)N1CCN(S(=O)(=O)N(C)C2CCCCC2)CC1. The van der Waals surface area contributed by atoms with Crippen molar-refractivity contribution in [3.8, 4) is 0 Å². The number of nitrogens with zero attached hydrogens (tertiary/aromatic N) is 3. The summed E-state index contributed by atoms with van der Waals surface area (Å²) < 4.78 is 35.0. The third-order valence-corrected chi connectivity index (χ3v) is 9.19. The van der Waals surface area contributed by atoms with Crippen molar-refractivity contribution < 1.29 is 22.4 Å². The van der Waals surface area contributed by atoms with Crippen LogP contribution in [0.2, 0.25) is 0 Å². The van der Waals surface area contributed by atoms with Gasteiger partial charge in [0.1, 0.15) is 5.58 Å². The predicted octanol–water partition coefficient (Wildman–Crippen LogP) is 3.09. The highest BCUT2D eigenvalue weighted by molar-refractivity contribution is 7.86. The number of carbonyl (C=O) groups is 2. The molecule has 2 aliphatic rings. The third kappa shape index (κ3) is 4.91. The highest BCUT2D eigenvalue weighted by atomic mass is 32.2. The van der Waals surface area contributed by atoms with Gasteiger partial charge in [-0.25, -0.2) is 0 Å². The number of carbonyl (C=O) groups excluding carboxylic acids is 2. The number of fused-ring (bicyclic) bond motifs is 1. The summed E-state index contributed by atoms with van der Waals surface area (Å²) >= 11 is 0. The lowest BCUT2D eigenvalue weighted by Crippen LogP contribution is -2.57. The first-order valence-electron chi connectivity index (χ1n) is 12.0. The number of hydrogen-bond acceptors (Lipinski definition) is 6. The zero-order valence-electron chi connectivity index (χ0n) is 20.1. The Morgan fingerprint density at radius 2 is 1.74 bits per heavy atom. The van der Waals surface area contributed by atoms with Crippen LogP contribution in [0, 0.1) is 0 Å². The number of nitrogens with one attached hydrogen (secondary N) is 1. The Balaban J connectivity index is 1.39. The Hall–Kier alpha value is -2.27.